The zero-order chi connectivity index (χ0) is 23.8. The van der Waals surface area contributed by atoms with Crippen molar-refractivity contribution in [1.82, 2.24) is 4.90 Å². The van der Waals surface area contributed by atoms with Crippen molar-refractivity contribution in [2.24, 2.45) is 0 Å². The minimum atomic E-state index is -1.78. The monoisotopic (exact) mass is 448 g/mol. The molecule has 1 atom stereocenters. The van der Waals surface area contributed by atoms with Gasteiger partial charge in [-0.05, 0) is 30.3 Å². The zero-order valence-electron chi connectivity index (χ0n) is 18.4. The number of ether oxygens (including phenoxy) is 2. The molecule has 1 spiro atoms. The molecule has 0 aromatic heterocycles. The van der Waals surface area contributed by atoms with E-state index in [9.17, 15) is 19.5 Å². The minimum Gasteiger partial charge on any atom is -0.507 e. The molecule has 1 unspecified atom stereocenters. The molecule has 170 valence electrons. The second kappa shape index (κ2) is 8.55. The van der Waals surface area contributed by atoms with Gasteiger partial charge in [-0.2, -0.15) is 0 Å². The Morgan fingerprint density at radius 3 is 2.48 bits per heavy atom. The number of likely N-dealkylation sites (tertiary alicyclic amines) is 1. The van der Waals surface area contributed by atoms with Gasteiger partial charge in [-0.3, -0.25) is 14.4 Å². The van der Waals surface area contributed by atoms with E-state index in [2.05, 4.69) is 6.58 Å². The predicted molar refractivity (Wildman–Crippen MR) is 122 cm³/mol. The van der Waals surface area contributed by atoms with Crippen LogP contribution in [0.25, 0.3) is 5.76 Å². The van der Waals surface area contributed by atoms with Crippen molar-refractivity contribution in [3.8, 4) is 5.75 Å². The largest absolute Gasteiger partial charge is 0.507 e. The number of Topliss-reactive ketones (excluding diaryl/α,β-unsaturated/α-hetero) is 1. The van der Waals surface area contributed by atoms with Crippen molar-refractivity contribution in [2.45, 2.75) is 5.54 Å². The fourth-order valence-corrected chi connectivity index (χ4v) is 4.46. The highest BCUT2D eigenvalue weighted by Crippen LogP contribution is 2.53. The van der Waals surface area contributed by atoms with Gasteiger partial charge in [-0.25, -0.2) is 0 Å². The molecule has 8 nitrogen and oxygen atoms in total. The normalized spacial score (nSPS) is 21.1. The highest BCUT2D eigenvalue weighted by molar-refractivity contribution is 6.50. The van der Waals surface area contributed by atoms with Crippen LogP contribution >= 0.6 is 0 Å². The number of carbonyl (C=O) groups is 3. The Kier molecular flexibility index (Phi) is 5.78. The molecule has 8 heteroatoms. The number of rotatable bonds is 7. The number of fused-ring (bicyclic) bond motifs is 2. The number of amides is 2. The Hall–Kier alpha value is -3.91. The Morgan fingerprint density at radius 1 is 1.12 bits per heavy atom. The summed E-state index contributed by atoms with van der Waals surface area (Å²) in [5, 5.41) is 11.3. The molecule has 4 rings (SSSR count). The van der Waals surface area contributed by atoms with E-state index in [-0.39, 0.29) is 24.3 Å². The number of aliphatic hydroxyl groups excluding tert-OH is 1. The third-order valence-electron chi connectivity index (χ3n) is 5.95. The summed E-state index contributed by atoms with van der Waals surface area (Å²) in [7, 11) is 3.05. The Bertz CT molecular complexity index is 1170. The average molecular weight is 448 g/mol. The van der Waals surface area contributed by atoms with Crippen LogP contribution in [0.1, 0.15) is 11.1 Å². The van der Waals surface area contributed by atoms with Crippen LogP contribution in [0.2, 0.25) is 0 Å². The molecule has 2 aromatic carbocycles. The first-order valence-electron chi connectivity index (χ1n) is 10.4. The van der Waals surface area contributed by atoms with E-state index >= 15 is 0 Å². The van der Waals surface area contributed by atoms with E-state index in [0.717, 1.165) is 0 Å². The maximum atomic E-state index is 13.7. The van der Waals surface area contributed by atoms with Crippen LogP contribution in [0.3, 0.4) is 0 Å². The first kappa shape index (κ1) is 22.3. The Morgan fingerprint density at radius 2 is 1.82 bits per heavy atom. The third-order valence-corrected chi connectivity index (χ3v) is 5.95. The van der Waals surface area contributed by atoms with Gasteiger partial charge in [-0.1, -0.05) is 30.9 Å². The Balaban J connectivity index is 1.94. The molecule has 2 heterocycles. The summed E-state index contributed by atoms with van der Waals surface area (Å²) < 4.78 is 10.6. The molecule has 33 heavy (non-hydrogen) atoms. The highest BCUT2D eigenvalue weighted by atomic mass is 16.5. The molecule has 1 fully saturated rings. The summed E-state index contributed by atoms with van der Waals surface area (Å²) >= 11 is 0. The topological polar surface area (TPSA) is 96.4 Å². The number of para-hydroxylation sites is 1. The van der Waals surface area contributed by atoms with E-state index in [1.165, 1.54) is 16.9 Å². The van der Waals surface area contributed by atoms with Crippen molar-refractivity contribution in [3.05, 3.63) is 77.9 Å². The van der Waals surface area contributed by atoms with Crippen molar-refractivity contribution in [2.75, 3.05) is 38.8 Å². The van der Waals surface area contributed by atoms with Crippen LogP contribution in [-0.2, 0) is 24.7 Å². The molecular formula is C25H24N2O6. The molecule has 0 bridgehead atoms. The fraction of sp³-hybridized carbons (Fsp3) is 0.240. The lowest BCUT2D eigenvalue weighted by molar-refractivity contribution is -0.144. The minimum absolute atomic E-state index is 0.0000979. The van der Waals surface area contributed by atoms with Gasteiger partial charge in [-0.15, -0.1) is 0 Å². The number of ketones is 1. The lowest BCUT2D eigenvalue weighted by Gasteiger charge is -2.34. The molecule has 0 radical (unpaired) electrons. The van der Waals surface area contributed by atoms with Gasteiger partial charge in [0.2, 0.25) is 0 Å². The number of aliphatic hydroxyl groups is 1. The second-order valence-corrected chi connectivity index (χ2v) is 7.72. The third kappa shape index (κ3) is 3.22. The lowest BCUT2D eigenvalue weighted by atomic mass is 9.82. The first-order valence-corrected chi connectivity index (χ1v) is 10.4. The maximum absolute atomic E-state index is 13.7. The number of hydrogen-bond donors (Lipinski definition) is 1. The summed E-state index contributed by atoms with van der Waals surface area (Å²) in [6.45, 7) is 4.03. The number of methoxy groups -OCH3 is 1. The molecule has 1 N–H and O–H groups in total. The number of carbonyl (C=O) groups excluding carboxylic acids is 3. The molecular weight excluding hydrogens is 424 g/mol. The summed E-state index contributed by atoms with van der Waals surface area (Å²) in [5.41, 5.74) is -0.735. The smallest absolute Gasteiger partial charge is 0.296 e. The summed E-state index contributed by atoms with van der Waals surface area (Å²) in [6.07, 6.45) is 1.61. The number of hydrogen-bond acceptors (Lipinski definition) is 6. The Labute approximate surface area is 191 Å². The van der Waals surface area contributed by atoms with Gasteiger partial charge in [0.05, 0.1) is 12.2 Å². The molecule has 2 amide bonds. The predicted octanol–water partition coefficient (Wildman–Crippen LogP) is 2.45. The SMILES string of the molecule is C=CCOc1ccc(/C(O)=C2/C(=O)C(=O)N(CCOC)C23C(=O)N(C)c2ccccc23)cc1. The average Bonchev–Trinajstić information content (AvgIpc) is 3.19. The van der Waals surface area contributed by atoms with Gasteiger partial charge in [0, 0.05) is 37.5 Å². The van der Waals surface area contributed by atoms with Crippen LogP contribution < -0.4 is 9.64 Å². The van der Waals surface area contributed by atoms with Gasteiger partial charge in [0.25, 0.3) is 17.6 Å². The van der Waals surface area contributed by atoms with Crippen LogP contribution in [0, 0.1) is 0 Å². The number of benzene rings is 2. The van der Waals surface area contributed by atoms with Crippen molar-refractivity contribution >= 4 is 29.0 Å². The van der Waals surface area contributed by atoms with Crippen LogP contribution in [0.5, 0.6) is 5.75 Å². The van der Waals surface area contributed by atoms with E-state index in [4.69, 9.17) is 9.47 Å². The van der Waals surface area contributed by atoms with Crippen LogP contribution in [0.4, 0.5) is 5.69 Å². The summed E-state index contributed by atoms with van der Waals surface area (Å²) in [6, 6.07) is 13.3. The van der Waals surface area contributed by atoms with Gasteiger partial charge >= 0.3 is 0 Å². The summed E-state index contributed by atoms with van der Waals surface area (Å²) in [4.78, 5) is 42.7. The molecule has 2 aliphatic rings. The lowest BCUT2D eigenvalue weighted by Crippen LogP contribution is -2.52. The highest BCUT2D eigenvalue weighted by Gasteiger charge is 2.66. The van der Waals surface area contributed by atoms with Gasteiger partial charge in [0.15, 0.2) is 5.54 Å². The number of anilines is 1. The standard InChI is InChI=1S/C25H24N2O6/c1-4-14-33-17-11-9-16(10-12-17)21(28)20-22(29)23(30)27(13-15-32-3)25(20)18-7-5-6-8-19(18)26(2)24(25)31/h4-12,28H,1,13-15H2,2-3H3/b21-20+. The first-order chi connectivity index (χ1) is 15.9. The van der Waals surface area contributed by atoms with Crippen molar-refractivity contribution in [3.63, 3.8) is 0 Å². The van der Waals surface area contributed by atoms with Crippen molar-refractivity contribution < 1.29 is 29.0 Å². The molecule has 1 saturated heterocycles. The van der Waals surface area contributed by atoms with Crippen LogP contribution in [0.15, 0.2) is 66.8 Å². The molecule has 2 aromatic rings. The number of likely N-dealkylation sites (N-methyl/N-ethyl adjacent to an activating group) is 1. The fourth-order valence-electron chi connectivity index (χ4n) is 4.46. The second-order valence-electron chi connectivity index (χ2n) is 7.72. The van der Waals surface area contributed by atoms with E-state index < -0.39 is 28.9 Å². The van der Waals surface area contributed by atoms with Crippen molar-refractivity contribution in [1.29, 1.82) is 0 Å². The summed E-state index contributed by atoms with van der Waals surface area (Å²) in [5.74, 6) is -2.16. The molecule has 2 aliphatic heterocycles. The molecule has 0 aliphatic carbocycles. The van der Waals surface area contributed by atoms with E-state index in [1.807, 2.05) is 0 Å². The van der Waals surface area contributed by atoms with E-state index in [0.29, 0.717) is 23.6 Å². The zero-order valence-corrected chi connectivity index (χ0v) is 18.4. The molecule has 0 saturated carbocycles. The van der Waals surface area contributed by atoms with Gasteiger partial charge in [0.1, 0.15) is 18.1 Å². The van der Waals surface area contributed by atoms with E-state index in [1.54, 1.807) is 61.7 Å². The maximum Gasteiger partial charge on any atom is 0.296 e. The van der Waals surface area contributed by atoms with Crippen LogP contribution in [-0.4, -0.2) is 61.5 Å². The number of nitrogens with zero attached hydrogens (tertiary/aromatic N) is 2. The quantitative estimate of drug-likeness (QED) is 0.303. The van der Waals surface area contributed by atoms with Gasteiger partial charge < -0.3 is 24.4 Å².